The van der Waals surface area contributed by atoms with Crippen molar-refractivity contribution in [3.8, 4) is 0 Å². The van der Waals surface area contributed by atoms with Crippen LogP contribution >= 0.6 is 0 Å². The molecule has 4 nitrogen and oxygen atoms in total. The van der Waals surface area contributed by atoms with Crippen molar-refractivity contribution < 1.29 is 4.79 Å². The maximum absolute atomic E-state index is 10.6. The van der Waals surface area contributed by atoms with Crippen molar-refractivity contribution >= 4 is 11.7 Å². The summed E-state index contributed by atoms with van der Waals surface area (Å²) in [5.74, 6) is 1.73. The fourth-order valence-electron chi connectivity index (χ4n) is 2.21. The normalized spacial score (nSPS) is 29.5. The molecule has 0 saturated heterocycles. The van der Waals surface area contributed by atoms with Gasteiger partial charge in [0.25, 0.3) is 0 Å². The van der Waals surface area contributed by atoms with Gasteiger partial charge in [-0.1, -0.05) is 20.8 Å². The van der Waals surface area contributed by atoms with Crippen molar-refractivity contribution in [2.45, 2.75) is 40.0 Å². The van der Waals surface area contributed by atoms with Gasteiger partial charge in [0.05, 0.1) is 0 Å². The molecule has 1 saturated carbocycles. The predicted molar refractivity (Wildman–Crippen MR) is 61.5 cm³/mol. The highest BCUT2D eigenvalue weighted by Crippen LogP contribution is 2.30. The van der Waals surface area contributed by atoms with Crippen LogP contribution in [0, 0.1) is 17.8 Å². The summed E-state index contributed by atoms with van der Waals surface area (Å²) in [5, 5.41) is 4.13. The van der Waals surface area contributed by atoms with Gasteiger partial charge in [-0.15, -0.1) is 0 Å². The fourth-order valence-corrected chi connectivity index (χ4v) is 2.21. The Kier molecular flexibility index (Phi) is 4.12. The summed E-state index contributed by atoms with van der Waals surface area (Å²) < 4.78 is 0. The summed E-state index contributed by atoms with van der Waals surface area (Å²) in [6.45, 7) is 6.61. The Balaban J connectivity index is 2.69. The molecule has 1 fully saturated rings. The van der Waals surface area contributed by atoms with Crippen molar-refractivity contribution in [3.63, 3.8) is 0 Å². The molecule has 3 N–H and O–H groups in total. The van der Waals surface area contributed by atoms with Crippen LogP contribution in [0.4, 0.5) is 4.79 Å². The highest BCUT2D eigenvalue weighted by molar-refractivity contribution is 5.88. The zero-order valence-electron chi connectivity index (χ0n) is 9.79. The lowest BCUT2D eigenvalue weighted by Crippen LogP contribution is -2.32. The minimum atomic E-state index is -0.580. The number of hydrogen-bond acceptors (Lipinski definition) is 2. The number of carbonyl (C=O) groups is 1. The summed E-state index contributed by atoms with van der Waals surface area (Å²) >= 11 is 0. The lowest BCUT2D eigenvalue weighted by molar-refractivity contribution is 0.249. The molecule has 0 bridgehead atoms. The molecule has 0 aromatic carbocycles. The van der Waals surface area contributed by atoms with Gasteiger partial charge in [0.1, 0.15) is 0 Å². The first kappa shape index (κ1) is 12.0. The van der Waals surface area contributed by atoms with Crippen LogP contribution in [0.1, 0.15) is 40.0 Å². The molecule has 2 atom stereocenters. The number of hydrogen-bond donors (Lipinski definition) is 2. The Labute approximate surface area is 91.3 Å². The summed E-state index contributed by atoms with van der Waals surface area (Å²) in [6.07, 6.45) is 3.39. The Morgan fingerprint density at radius 3 is 2.73 bits per heavy atom. The molecule has 4 heteroatoms. The first-order valence-electron chi connectivity index (χ1n) is 5.62. The molecular formula is C11H21N3O. The Hall–Kier alpha value is -1.06. The molecule has 0 aromatic heterocycles. The third-order valence-corrected chi connectivity index (χ3v) is 3.07. The van der Waals surface area contributed by atoms with Crippen LogP contribution in [0.2, 0.25) is 0 Å². The smallest absolute Gasteiger partial charge is 0.332 e. The average molecular weight is 211 g/mol. The number of nitrogens with zero attached hydrogens (tertiary/aromatic N) is 1. The number of nitrogens with one attached hydrogen (secondary N) is 1. The number of amides is 2. The second-order valence-corrected chi connectivity index (χ2v) is 4.82. The molecule has 0 unspecified atom stereocenters. The molecule has 0 aromatic rings. The van der Waals surface area contributed by atoms with Crippen LogP contribution in [0.5, 0.6) is 0 Å². The van der Waals surface area contributed by atoms with Gasteiger partial charge in [-0.2, -0.15) is 5.10 Å². The Bertz CT molecular complexity index is 261. The summed E-state index contributed by atoms with van der Waals surface area (Å²) in [7, 11) is 0. The molecule has 1 aliphatic rings. The van der Waals surface area contributed by atoms with E-state index >= 15 is 0 Å². The standard InChI is InChI=1S/C11H21N3O/c1-7(2)9-5-4-8(3)6-10(9)13-14-11(12)15/h7-9H,4-6H2,1-3H3,(H3,12,14,15)/b13-10-/t8-,9-/m0/s1. The van der Waals surface area contributed by atoms with Crippen molar-refractivity contribution in [2.24, 2.45) is 28.6 Å². The van der Waals surface area contributed by atoms with E-state index in [9.17, 15) is 4.79 Å². The van der Waals surface area contributed by atoms with Gasteiger partial charge >= 0.3 is 6.03 Å². The largest absolute Gasteiger partial charge is 0.350 e. The number of carbonyl (C=O) groups excluding carboxylic acids is 1. The van der Waals surface area contributed by atoms with Gasteiger partial charge in [-0.05, 0) is 31.1 Å². The van der Waals surface area contributed by atoms with Gasteiger partial charge in [-0.3, -0.25) is 0 Å². The van der Waals surface area contributed by atoms with E-state index in [1.54, 1.807) is 0 Å². The highest BCUT2D eigenvalue weighted by atomic mass is 16.2. The zero-order valence-corrected chi connectivity index (χ0v) is 9.79. The topological polar surface area (TPSA) is 67.5 Å². The van der Waals surface area contributed by atoms with Crippen LogP contribution in [-0.4, -0.2) is 11.7 Å². The minimum absolute atomic E-state index is 0.494. The fraction of sp³-hybridized carbons (Fsp3) is 0.818. The van der Waals surface area contributed by atoms with Crippen LogP contribution in [0.3, 0.4) is 0 Å². The van der Waals surface area contributed by atoms with E-state index in [2.05, 4.69) is 31.3 Å². The molecular weight excluding hydrogens is 190 g/mol. The maximum Gasteiger partial charge on any atom is 0.332 e. The lowest BCUT2D eigenvalue weighted by Gasteiger charge is -2.30. The van der Waals surface area contributed by atoms with Crippen molar-refractivity contribution in [1.82, 2.24) is 5.43 Å². The van der Waals surface area contributed by atoms with Gasteiger partial charge in [0.15, 0.2) is 0 Å². The molecule has 2 amide bonds. The Morgan fingerprint density at radius 1 is 1.53 bits per heavy atom. The molecule has 0 aliphatic heterocycles. The third kappa shape index (κ3) is 3.53. The third-order valence-electron chi connectivity index (χ3n) is 3.07. The maximum atomic E-state index is 10.6. The van der Waals surface area contributed by atoms with E-state index in [0.717, 1.165) is 18.6 Å². The second kappa shape index (κ2) is 5.14. The number of primary amides is 1. The van der Waals surface area contributed by atoms with Gasteiger partial charge in [0.2, 0.25) is 0 Å². The molecule has 1 aliphatic carbocycles. The van der Waals surface area contributed by atoms with E-state index in [-0.39, 0.29) is 0 Å². The van der Waals surface area contributed by atoms with E-state index in [1.807, 2.05) is 0 Å². The van der Waals surface area contributed by atoms with Crippen molar-refractivity contribution in [2.75, 3.05) is 0 Å². The van der Waals surface area contributed by atoms with Crippen LogP contribution in [0.15, 0.2) is 5.10 Å². The van der Waals surface area contributed by atoms with E-state index in [1.165, 1.54) is 6.42 Å². The molecule has 86 valence electrons. The van der Waals surface area contributed by atoms with Gasteiger partial charge in [-0.25, -0.2) is 10.2 Å². The molecule has 0 radical (unpaired) electrons. The number of hydrazone groups is 1. The molecule has 15 heavy (non-hydrogen) atoms. The molecule has 0 heterocycles. The first-order chi connectivity index (χ1) is 7.00. The van der Waals surface area contributed by atoms with Crippen molar-refractivity contribution in [1.29, 1.82) is 0 Å². The summed E-state index contributed by atoms with van der Waals surface area (Å²) in [4.78, 5) is 10.6. The summed E-state index contributed by atoms with van der Waals surface area (Å²) in [6, 6.07) is -0.580. The van der Waals surface area contributed by atoms with Crippen LogP contribution < -0.4 is 11.2 Å². The first-order valence-corrected chi connectivity index (χ1v) is 5.62. The van der Waals surface area contributed by atoms with Gasteiger partial charge < -0.3 is 5.73 Å². The second-order valence-electron chi connectivity index (χ2n) is 4.82. The van der Waals surface area contributed by atoms with E-state index in [4.69, 9.17) is 5.73 Å². The number of rotatable bonds is 2. The summed E-state index contributed by atoms with van der Waals surface area (Å²) in [5.41, 5.74) is 8.46. The van der Waals surface area contributed by atoms with Gasteiger partial charge in [0, 0.05) is 11.6 Å². The van der Waals surface area contributed by atoms with E-state index < -0.39 is 6.03 Å². The molecule has 1 rings (SSSR count). The van der Waals surface area contributed by atoms with Crippen LogP contribution in [-0.2, 0) is 0 Å². The Morgan fingerprint density at radius 2 is 2.20 bits per heavy atom. The highest BCUT2D eigenvalue weighted by Gasteiger charge is 2.27. The monoisotopic (exact) mass is 211 g/mol. The zero-order chi connectivity index (χ0) is 11.4. The lowest BCUT2D eigenvalue weighted by atomic mass is 9.76. The SMILES string of the molecule is CC(C)[C@@H]1CC[C@H](C)C/C1=N/NC(N)=O. The number of urea groups is 1. The van der Waals surface area contributed by atoms with Crippen molar-refractivity contribution in [3.05, 3.63) is 0 Å². The average Bonchev–Trinajstić information content (AvgIpc) is 2.14. The predicted octanol–water partition coefficient (Wildman–Crippen LogP) is 2.10. The van der Waals surface area contributed by atoms with Crippen LogP contribution in [0.25, 0.3) is 0 Å². The number of nitrogens with two attached hydrogens (primary N) is 1. The quantitative estimate of drug-likeness (QED) is 0.675. The molecule has 0 spiro atoms. The van der Waals surface area contributed by atoms with E-state index in [0.29, 0.717) is 17.8 Å². The minimum Gasteiger partial charge on any atom is -0.350 e.